The Labute approximate surface area is 335 Å². The predicted octanol–water partition coefficient (Wildman–Crippen LogP) is 15.4. The first-order chi connectivity index (χ1) is 27.8. The van der Waals surface area contributed by atoms with Gasteiger partial charge in [-0.05, 0) is 119 Å². The van der Waals surface area contributed by atoms with Crippen LogP contribution in [0.15, 0.2) is 188 Å². The van der Waals surface area contributed by atoms with Crippen molar-refractivity contribution in [2.24, 2.45) is 0 Å². The minimum atomic E-state index is -0.158. The van der Waals surface area contributed by atoms with Crippen molar-refractivity contribution >= 4 is 38.6 Å². The third kappa shape index (κ3) is 5.02. The summed E-state index contributed by atoms with van der Waals surface area (Å²) in [6.07, 6.45) is 0. The normalized spacial score (nSPS) is 14.2. The molecule has 0 saturated carbocycles. The van der Waals surface area contributed by atoms with Crippen LogP contribution in [0.2, 0.25) is 0 Å². The maximum Gasteiger partial charge on any atom is 0.0549 e. The van der Waals surface area contributed by atoms with Crippen LogP contribution in [0.25, 0.3) is 66.1 Å². The third-order valence-corrected chi connectivity index (χ3v) is 13.0. The SMILES string of the molecule is CC1(C)c2ccccc2-c2c(-c3ccc(N(c4ccc(-c5ccc6ccccc6c5)cc4)c4cc5ccccc5c5c4-c4ccccc4C5(C)C)cc3)cccc21. The Bertz CT molecular complexity index is 3050. The zero-order chi connectivity index (χ0) is 38.5. The molecule has 9 aromatic carbocycles. The third-order valence-electron chi connectivity index (χ3n) is 13.0. The molecule has 9 aromatic rings. The van der Waals surface area contributed by atoms with Crippen molar-refractivity contribution in [1.29, 1.82) is 0 Å². The number of hydrogen-bond acceptors (Lipinski definition) is 1. The highest BCUT2D eigenvalue weighted by atomic mass is 15.1. The highest BCUT2D eigenvalue weighted by Gasteiger charge is 2.40. The van der Waals surface area contributed by atoms with Gasteiger partial charge >= 0.3 is 0 Å². The van der Waals surface area contributed by atoms with E-state index in [-0.39, 0.29) is 10.8 Å². The molecule has 2 aliphatic carbocycles. The molecule has 2 aliphatic rings. The van der Waals surface area contributed by atoms with Gasteiger partial charge in [0.05, 0.1) is 5.69 Å². The van der Waals surface area contributed by atoms with E-state index in [0.717, 1.165) is 11.4 Å². The maximum atomic E-state index is 2.49. The fourth-order valence-electron chi connectivity index (χ4n) is 10.2. The molecule has 0 atom stereocenters. The van der Waals surface area contributed by atoms with Crippen molar-refractivity contribution in [3.8, 4) is 44.5 Å². The van der Waals surface area contributed by atoms with Gasteiger partial charge in [-0.3, -0.25) is 0 Å². The van der Waals surface area contributed by atoms with E-state index in [1.165, 1.54) is 94.0 Å². The lowest BCUT2D eigenvalue weighted by Crippen LogP contribution is -2.16. The second kappa shape index (κ2) is 12.4. The molecule has 0 unspecified atom stereocenters. The molecule has 0 spiro atoms. The Kier molecular flexibility index (Phi) is 7.32. The Morgan fingerprint density at radius 2 is 0.877 bits per heavy atom. The summed E-state index contributed by atoms with van der Waals surface area (Å²) in [6, 6.07) is 70.0. The summed E-state index contributed by atoms with van der Waals surface area (Å²) in [6.45, 7) is 9.50. The van der Waals surface area contributed by atoms with Crippen molar-refractivity contribution < 1.29 is 0 Å². The molecule has 0 aliphatic heterocycles. The van der Waals surface area contributed by atoms with E-state index in [9.17, 15) is 0 Å². The molecule has 1 nitrogen and oxygen atoms in total. The van der Waals surface area contributed by atoms with Gasteiger partial charge in [0.2, 0.25) is 0 Å². The second-order valence-corrected chi connectivity index (χ2v) is 16.9. The van der Waals surface area contributed by atoms with E-state index in [1.807, 2.05) is 0 Å². The molecule has 0 radical (unpaired) electrons. The fraction of sp³-hybridized carbons (Fsp3) is 0.107. The van der Waals surface area contributed by atoms with Crippen LogP contribution in [0.4, 0.5) is 17.1 Å². The first kappa shape index (κ1) is 33.6. The van der Waals surface area contributed by atoms with Gasteiger partial charge in [0.1, 0.15) is 0 Å². The molecule has 0 fully saturated rings. The minimum absolute atomic E-state index is 0.0434. The molecule has 0 bridgehead atoms. The first-order valence-corrected chi connectivity index (χ1v) is 20.2. The number of hydrogen-bond donors (Lipinski definition) is 0. The average Bonchev–Trinajstić information content (AvgIpc) is 3.64. The van der Waals surface area contributed by atoms with Gasteiger partial charge < -0.3 is 4.90 Å². The molecule has 1 heteroatoms. The van der Waals surface area contributed by atoms with Crippen LogP contribution in [0, 0.1) is 0 Å². The predicted molar refractivity (Wildman–Crippen MR) is 242 cm³/mol. The first-order valence-electron chi connectivity index (χ1n) is 20.2. The van der Waals surface area contributed by atoms with Crippen LogP contribution < -0.4 is 4.90 Å². The average molecular weight is 730 g/mol. The fourth-order valence-corrected chi connectivity index (χ4v) is 10.2. The molecule has 11 rings (SSSR count). The van der Waals surface area contributed by atoms with Crippen LogP contribution in [0.5, 0.6) is 0 Å². The number of nitrogens with zero attached hydrogens (tertiary/aromatic N) is 1. The van der Waals surface area contributed by atoms with Crippen molar-refractivity contribution in [2.45, 2.75) is 38.5 Å². The number of fused-ring (bicyclic) bond motifs is 9. The lowest BCUT2D eigenvalue weighted by molar-refractivity contribution is 0.660. The molecular weight excluding hydrogens is 687 g/mol. The standard InChI is InChI=1S/C56H43N/c1-55(2)48-21-11-9-18-46(48)52-44(20-13-23-50(52)55)38-28-32-43(33-29-38)57(42-30-26-37(27-31-42)40-25-24-36-14-5-6-15-39(36)34-40)51-35-41-16-7-8-17-45(41)54-53(51)47-19-10-12-22-49(47)56(54,3)4/h5-35H,1-4H3. The van der Waals surface area contributed by atoms with E-state index in [0.29, 0.717) is 0 Å². The molecule has 272 valence electrons. The summed E-state index contributed by atoms with van der Waals surface area (Å²) in [5, 5.41) is 5.09. The van der Waals surface area contributed by atoms with Gasteiger partial charge in [0.15, 0.2) is 0 Å². The zero-order valence-corrected chi connectivity index (χ0v) is 32.8. The quantitative estimate of drug-likeness (QED) is 0.170. The molecule has 0 heterocycles. The Hall–Kier alpha value is -6.70. The Balaban J connectivity index is 1.11. The van der Waals surface area contributed by atoms with Crippen molar-refractivity contribution in [3.63, 3.8) is 0 Å². The minimum Gasteiger partial charge on any atom is -0.310 e. The molecule has 57 heavy (non-hydrogen) atoms. The lowest BCUT2D eigenvalue weighted by atomic mass is 9.80. The Morgan fingerprint density at radius 3 is 1.60 bits per heavy atom. The molecular formula is C56H43N. The summed E-state index contributed by atoms with van der Waals surface area (Å²) in [7, 11) is 0. The molecule has 0 amide bonds. The summed E-state index contributed by atoms with van der Waals surface area (Å²) in [5.41, 5.74) is 19.1. The van der Waals surface area contributed by atoms with Crippen LogP contribution in [-0.4, -0.2) is 0 Å². The van der Waals surface area contributed by atoms with E-state index < -0.39 is 0 Å². The molecule has 0 N–H and O–H groups in total. The Morgan fingerprint density at radius 1 is 0.351 bits per heavy atom. The highest BCUT2D eigenvalue weighted by Crippen LogP contribution is 2.57. The number of anilines is 3. The lowest BCUT2D eigenvalue weighted by Gasteiger charge is -2.30. The van der Waals surface area contributed by atoms with Crippen LogP contribution >= 0.6 is 0 Å². The van der Waals surface area contributed by atoms with Gasteiger partial charge in [-0.25, -0.2) is 0 Å². The van der Waals surface area contributed by atoms with Crippen LogP contribution in [0.3, 0.4) is 0 Å². The van der Waals surface area contributed by atoms with Gasteiger partial charge in [-0.1, -0.05) is 179 Å². The second-order valence-electron chi connectivity index (χ2n) is 16.9. The van der Waals surface area contributed by atoms with E-state index in [4.69, 9.17) is 0 Å². The topological polar surface area (TPSA) is 3.24 Å². The van der Waals surface area contributed by atoms with Crippen molar-refractivity contribution in [3.05, 3.63) is 210 Å². The molecule has 0 saturated heterocycles. The number of rotatable bonds is 5. The summed E-state index contributed by atoms with van der Waals surface area (Å²) in [4.78, 5) is 2.49. The van der Waals surface area contributed by atoms with Crippen molar-refractivity contribution in [2.75, 3.05) is 4.90 Å². The summed E-state index contributed by atoms with van der Waals surface area (Å²) >= 11 is 0. The van der Waals surface area contributed by atoms with Crippen LogP contribution in [-0.2, 0) is 10.8 Å². The zero-order valence-electron chi connectivity index (χ0n) is 32.8. The summed E-state index contributed by atoms with van der Waals surface area (Å²) in [5.74, 6) is 0. The monoisotopic (exact) mass is 729 g/mol. The van der Waals surface area contributed by atoms with Gasteiger partial charge in [-0.2, -0.15) is 0 Å². The maximum absolute atomic E-state index is 2.49. The van der Waals surface area contributed by atoms with E-state index in [2.05, 4.69) is 221 Å². The smallest absolute Gasteiger partial charge is 0.0549 e. The van der Waals surface area contributed by atoms with Gasteiger partial charge in [0, 0.05) is 27.8 Å². The van der Waals surface area contributed by atoms with Crippen LogP contribution in [0.1, 0.15) is 49.9 Å². The van der Waals surface area contributed by atoms with Crippen molar-refractivity contribution in [1.82, 2.24) is 0 Å². The van der Waals surface area contributed by atoms with Gasteiger partial charge in [0.25, 0.3) is 0 Å². The highest BCUT2D eigenvalue weighted by molar-refractivity contribution is 6.06. The molecule has 0 aromatic heterocycles. The summed E-state index contributed by atoms with van der Waals surface area (Å²) < 4.78 is 0. The largest absolute Gasteiger partial charge is 0.310 e. The van der Waals surface area contributed by atoms with E-state index in [1.54, 1.807) is 0 Å². The van der Waals surface area contributed by atoms with E-state index >= 15 is 0 Å². The number of benzene rings is 9. The van der Waals surface area contributed by atoms with Gasteiger partial charge in [-0.15, -0.1) is 0 Å².